The van der Waals surface area contributed by atoms with E-state index < -0.39 is 0 Å². The van der Waals surface area contributed by atoms with Gasteiger partial charge in [0.05, 0.1) is 43.3 Å². The van der Waals surface area contributed by atoms with Crippen molar-refractivity contribution in [2.24, 2.45) is 0 Å². The van der Waals surface area contributed by atoms with Gasteiger partial charge in [-0.1, -0.05) is 255 Å². The van der Waals surface area contributed by atoms with E-state index in [1.165, 1.54) is 128 Å². The molecule has 0 saturated heterocycles. The van der Waals surface area contributed by atoms with Crippen molar-refractivity contribution in [3.8, 4) is 51.5 Å². The molecule has 0 atom stereocenters. The molecule has 0 fully saturated rings. The highest BCUT2D eigenvalue weighted by molar-refractivity contribution is 7.26. The van der Waals surface area contributed by atoms with Crippen LogP contribution in [0.25, 0.3) is 266 Å². The first-order chi connectivity index (χ1) is 63.4. The predicted molar refractivity (Wildman–Crippen MR) is 534 cm³/mol. The minimum absolute atomic E-state index is 0.610. The number of rotatable bonds is 6. The van der Waals surface area contributed by atoms with E-state index in [4.69, 9.17) is 34.3 Å². The average Bonchev–Trinajstić information content (AvgIpc) is 1.54. The minimum Gasteiger partial charge on any atom is -0.450 e. The highest BCUT2D eigenvalue weighted by Crippen LogP contribution is 2.49. The molecule has 0 saturated carbocycles. The third-order valence-corrected chi connectivity index (χ3v) is 27.9. The maximum absolute atomic E-state index is 6.51. The van der Waals surface area contributed by atoms with Crippen molar-refractivity contribution in [3.05, 3.63) is 395 Å². The summed E-state index contributed by atoms with van der Waals surface area (Å²) < 4.78 is 17.0. The van der Waals surface area contributed by atoms with Crippen molar-refractivity contribution in [1.82, 2.24) is 53.6 Å². The lowest BCUT2D eigenvalue weighted by Crippen LogP contribution is -2.03. The summed E-state index contributed by atoms with van der Waals surface area (Å²) in [6.45, 7) is 0. The largest absolute Gasteiger partial charge is 0.450 e. The van der Waals surface area contributed by atoms with E-state index >= 15 is 0 Å². The molecule has 29 aromatic rings. The summed E-state index contributed by atoms with van der Waals surface area (Å²) >= 11 is 3.47. The van der Waals surface area contributed by atoms with Gasteiger partial charge >= 0.3 is 0 Å². The van der Waals surface area contributed by atoms with Crippen LogP contribution in [-0.2, 0) is 0 Å². The Kier molecular flexibility index (Phi) is 15.9. The molecule has 0 N–H and O–H groups in total. The summed E-state index contributed by atoms with van der Waals surface area (Å²) in [7, 11) is 0. The van der Waals surface area contributed by atoms with Crippen LogP contribution in [0.5, 0.6) is 0 Å². The normalized spacial score (nSPS) is 12.1. The quantitative estimate of drug-likeness (QED) is 0.149. The van der Waals surface area contributed by atoms with Crippen molar-refractivity contribution in [3.63, 3.8) is 0 Å². The Labute approximate surface area is 736 Å². The first-order valence-electron chi connectivity index (χ1n) is 42.8. The molecule has 29 rings (SSSR count). The topological polar surface area (TPSA) is 131 Å². The number of furan rings is 1. The number of thiophene rings is 2. The fraction of sp³-hybridized carbons (Fsp3) is 0. The van der Waals surface area contributed by atoms with Gasteiger partial charge in [-0.2, -0.15) is 0 Å². The standard InChI is InChI=1S/C44H25N3S.C35H20N4O.C35H20N4S/c1-2-13-28-25-38-36(23-27(28)12-1)40-31-16-6-3-11-26(31)21-22-37(40)47(38)43-41(45-42-34-19-9-10-20-39(34)48-44(42)46-43)35-24-29-14-4-5-15-30(29)32-17-7-8-18-33(32)35;1-3-10-23-18-29-27(16-21(23)8-1)28-17-22-9-2-4-11-24(22)19-30(28)39(29)35-33-32(26-13-5-6-14-31(26)40-33)37-34(38-35)25-12-7-15-36-20-25;1-2-10-23-19-29-27(18-22(23)9-1)31-25-12-4-3-8-21(25)15-16-28(31)39(29)35-33-32(26-13-5-6-14-30(26)40-33)37-34(38-35)24-11-7-17-36-20-24/h1-25H;2*1-20H. The fourth-order valence-electron chi connectivity index (χ4n) is 19.8. The molecule has 0 aliphatic rings. The van der Waals surface area contributed by atoms with E-state index in [2.05, 4.69) is 351 Å². The summed E-state index contributed by atoms with van der Waals surface area (Å²) in [6.07, 6.45) is 7.19. The van der Waals surface area contributed by atoms with Gasteiger partial charge in [-0.15, -0.1) is 22.7 Å². The van der Waals surface area contributed by atoms with E-state index in [1.54, 1.807) is 41.3 Å². The number of nitrogens with zero attached hydrogens (tertiary/aromatic N) is 11. The predicted octanol–water partition coefficient (Wildman–Crippen LogP) is 30.4. The Bertz CT molecular complexity index is 9510. The van der Waals surface area contributed by atoms with E-state index in [-0.39, 0.29) is 0 Å². The van der Waals surface area contributed by atoms with Crippen molar-refractivity contribution >= 4 is 237 Å². The fourth-order valence-corrected chi connectivity index (χ4v) is 22.0. The average molecular weight is 1670 g/mol. The first-order valence-corrected chi connectivity index (χ1v) is 44.4. The molecule has 12 nitrogen and oxygen atoms in total. The van der Waals surface area contributed by atoms with E-state index in [0.717, 1.165) is 115 Å². The molecule has 0 aliphatic carbocycles. The van der Waals surface area contributed by atoms with Crippen molar-refractivity contribution in [1.29, 1.82) is 0 Å². The molecule has 18 aromatic carbocycles. The zero-order valence-electron chi connectivity index (χ0n) is 68.2. The van der Waals surface area contributed by atoms with Crippen LogP contribution in [0.4, 0.5) is 0 Å². The van der Waals surface area contributed by atoms with Crippen LogP contribution in [0.15, 0.2) is 399 Å². The zero-order valence-corrected chi connectivity index (χ0v) is 69.8. The van der Waals surface area contributed by atoms with Gasteiger partial charge in [-0.25, -0.2) is 29.9 Å². The van der Waals surface area contributed by atoms with Gasteiger partial charge in [0.15, 0.2) is 34.7 Å². The summed E-state index contributed by atoms with van der Waals surface area (Å²) in [6, 6.07) is 132. The van der Waals surface area contributed by atoms with E-state index in [1.807, 2.05) is 48.7 Å². The Morgan fingerprint density at radius 3 is 1.19 bits per heavy atom. The Morgan fingerprint density at radius 1 is 0.242 bits per heavy atom. The maximum atomic E-state index is 6.51. The molecule has 14 heteroatoms. The summed E-state index contributed by atoms with van der Waals surface area (Å²) in [4.78, 5) is 41.5. The van der Waals surface area contributed by atoms with Crippen LogP contribution in [0.2, 0.25) is 0 Å². The lowest BCUT2D eigenvalue weighted by atomic mass is 9.95. The molecule has 594 valence electrons. The maximum Gasteiger partial charge on any atom is 0.197 e. The monoisotopic (exact) mass is 1670 g/mol. The third-order valence-electron chi connectivity index (χ3n) is 25.6. The molecule has 11 heterocycles. The third kappa shape index (κ3) is 11.2. The molecule has 0 spiro atoms. The summed E-state index contributed by atoms with van der Waals surface area (Å²) in [5.41, 5.74) is 14.5. The van der Waals surface area contributed by atoms with Crippen LogP contribution >= 0.6 is 22.7 Å². The zero-order chi connectivity index (χ0) is 83.8. The number of aromatic nitrogens is 11. The van der Waals surface area contributed by atoms with Gasteiger partial charge < -0.3 is 4.42 Å². The number of pyridine rings is 2. The van der Waals surface area contributed by atoms with E-state index in [9.17, 15) is 0 Å². The van der Waals surface area contributed by atoms with Gasteiger partial charge in [-0.3, -0.25) is 23.7 Å². The molecule has 11 aromatic heterocycles. The van der Waals surface area contributed by atoms with Crippen LogP contribution in [0.1, 0.15) is 0 Å². The number of hydrogen-bond acceptors (Lipinski definition) is 11. The van der Waals surface area contributed by atoms with Crippen LogP contribution in [0, 0.1) is 0 Å². The lowest BCUT2D eigenvalue weighted by Gasteiger charge is -2.16. The molecule has 0 aliphatic heterocycles. The van der Waals surface area contributed by atoms with Crippen molar-refractivity contribution < 1.29 is 4.42 Å². The highest BCUT2D eigenvalue weighted by atomic mass is 32.1. The molecule has 0 unspecified atom stereocenters. The summed E-state index contributed by atoms with van der Waals surface area (Å²) in [5.74, 6) is 3.75. The van der Waals surface area contributed by atoms with Crippen LogP contribution in [0.3, 0.4) is 0 Å². The SMILES string of the molecule is c1ccc2cc3c(cc2c1)c1c2ccccc2ccc1n3-c1nc2sc3ccccc3c2nc1-c1cc2ccccc2c2ccccc12.c1cncc(-c2nc(-n3c4cc5ccccc5cc4c4c5ccccc5ccc43)c3sc4ccccc4c3n2)c1.c1cncc(-c2nc(-n3c4cc5ccccc5cc4c4cc5ccccc5cc43)c3oc4ccccc4c3n2)c1. The Hall–Kier alpha value is -16.8. The molecule has 0 amide bonds. The molecular weight excluding hydrogens is 1600 g/mol. The van der Waals surface area contributed by atoms with Crippen molar-refractivity contribution in [2.45, 2.75) is 0 Å². The Balaban J connectivity index is 0.0000000999. The second-order valence-corrected chi connectivity index (χ2v) is 34.9. The minimum atomic E-state index is 0.610. The number of para-hydroxylation sites is 1. The van der Waals surface area contributed by atoms with Gasteiger partial charge in [0, 0.05) is 99.4 Å². The Morgan fingerprint density at radius 2 is 0.648 bits per heavy atom. The first kappa shape index (κ1) is 71.8. The second kappa shape index (κ2) is 28.4. The smallest absolute Gasteiger partial charge is 0.197 e. The van der Waals surface area contributed by atoms with Crippen LogP contribution in [-0.4, -0.2) is 53.6 Å². The van der Waals surface area contributed by atoms with Gasteiger partial charge in [0.25, 0.3) is 0 Å². The van der Waals surface area contributed by atoms with Gasteiger partial charge in [0.1, 0.15) is 27.1 Å². The second-order valence-electron chi connectivity index (χ2n) is 32.8. The number of fused-ring (bicyclic) bond motifs is 29. The number of benzene rings is 18. The van der Waals surface area contributed by atoms with Gasteiger partial charge in [0.2, 0.25) is 0 Å². The lowest BCUT2D eigenvalue weighted by molar-refractivity contribution is 0.662. The highest BCUT2D eigenvalue weighted by Gasteiger charge is 2.29. The molecule has 0 radical (unpaired) electrons. The molecule has 0 bridgehead atoms. The van der Waals surface area contributed by atoms with Gasteiger partial charge in [-0.05, 0) is 201 Å². The summed E-state index contributed by atoms with van der Waals surface area (Å²) in [5, 5.41) is 29.9. The van der Waals surface area contributed by atoms with Crippen molar-refractivity contribution in [2.75, 3.05) is 0 Å². The molecular formula is C114H65N11OS2. The van der Waals surface area contributed by atoms with E-state index in [0.29, 0.717) is 23.0 Å². The molecule has 128 heavy (non-hydrogen) atoms. The number of hydrogen-bond donors (Lipinski definition) is 0. The van der Waals surface area contributed by atoms with Crippen LogP contribution < -0.4 is 0 Å².